The average molecular weight is 734 g/mol. The molecule has 0 aliphatic rings. The molecule has 3 heterocycles. The summed E-state index contributed by atoms with van der Waals surface area (Å²) in [7, 11) is 0. The number of rotatable bonds is 6. The molecule has 11 rings (SSSR count). The number of fused-ring (bicyclic) bond motifs is 6. The van der Waals surface area contributed by atoms with Crippen molar-refractivity contribution in [3.05, 3.63) is 188 Å². The van der Waals surface area contributed by atoms with Crippen LogP contribution in [0.15, 0.2) is 192 Å². The molecule has 0 saturated carbocycles. The van der Waals surface area contributed by atoms with Crippen LogP contribution in [-0.4, -0.2) is 15.0 Å². The number of nitrogens with zero attached hydrogens (tertiary/aromatic N) is 3. The molecule has 56 heavy (non-hydrogen) atoms. The maximum absolute atomic E-state index is 6.48. The molecule has 11 aromatic rings. The maximum atomic E-state index is 6.48. The van der Waals surface area contributed by atoms with Crippen LogP contribution in [0, 0.1) is 0 Å². The van der Waals surface area contributed by atoms with Crippen LogP contribution >= 0.6 is 11.3 Å². The van der Waals surface area contributed by atoms with Crippen molar-refractivity contribution in [2.24, 2.45) is 0 Å². The largest absolute Gasteiger partial charge is 0.456 e. The van der Waals surface area contributed by atoms with Gasteiger partial charge in [0.2, 0.25) is 0 Å². The Bertz CT molecular complexity index is 3180. The lowest BCUT2D eigenvalue weighted by Gasteiger charge is -2.10. The average Bonchev–Trinajstić information content (AvgIpc) is 3.84. The molecule has 0 unspecified atom stereocenters. The van der Waals surface area contributed by atoms with Crippen molar-refractivity contribution in [1.29, 1.82) is 0 Å². The lowest BCUT2D eigenvalue weighted by atomic mass is 9.96. The fourth-order valence-electron chi connectivity index (χ4n) is 7.78. The summed E-state index contributed by atoms with van der Waals surface area (Å²) in [5, 5.41) is 4.75. The van der Waals surface area contributed by atoms with Crippen molar-refractivity contribution in [2.45, 2.75) is 0 Å². The Morgan fingerprint density at radius 3 is 1.46 bits per heavy atom. The summed E-state index contributed by atoms with van der Waals surface area (Å²) < 4.78 is 9.05. The zero-order chi connectivity index (χ0) is 37.0. The standard InChI is InChI=1S/C51H31N3OS/c1-4-12-32(13-5-1)36-22-25-41-42-26-23-37(31-47(42)56-46(41)30-36)35-24-27-44-43(29-35)48-40(20-11-21-45(48)55-44)38-18-10-19-39(28-38)51-53-49(33-14-6-2-7-15-33)52-50(54-51)34-16-8-3-9-17-34/h1-31H. The minimum absolute atomic E-state index is 0.624. The second-order valence-corrected chi connectivity index (χ2v) is 15.1. The second-order valence-electron chi connectivity index (χ2n) is 14.0. The molecular weight excluding hydrogens is 703 g/mol. The molecule has 0 fully saturated rings. The van der Waals surface area contributed by atoms with E-state index in [4.69, 9.17) is 19.4 Å². The summed E-state index contributed by atoms with van der Waals surface area (Å²) in [4.78, 5) is 14.9. The van der Waals surface area contributed by atoms with E-state index < -0.39 is 0 Å². The Labute approximate surface area is 327 Å². The zero-order valence-corrected chi connectivity index (χ0v) is 30.9. The Kier molecular flexibility index (Phi) is 7.64. The van der Waals surface area contributed by atoms with Gasteiger partial charge < -0.3 is 4.42 Å². The van der Waals surface area contributed by atoms with E-state index in [0.29, 0.717) is 17.5 Å². The van der Waals surface area contributed by atoms with Crippen molar-refractivity contribution in [2.75, 3.05) is 0 Å². The first-order chi connectivity index (χ1) is 27.7. The fourth-order valence-corrected chi connectivity index (χ4v) is 8.96. The number of aromatic nitrogens is 3. The van der Waals surface area contributed by atoms with Crippen molar-refractivity contribution in [3.8, 4) is 67.5 Å². The molecule has 0 spiro atoms. The molecule has 4 nitrogen and oxygen atoms in total. The molecule has 0 atom stereocenters. The summed E-state index contributed by atoms with van der Waals surface area (Å²) in [6.45, 7) is 0. The molecule has 262 valence electrons. The minimum atomic E-state index is 0.624. The van der Waals surface area contributed by atoms with Gasteiger partial charge in [-0.15, -0.1) is 11.3 Å². The van der Waals surface area contributed by atoms with Crippen LogP contribution in [0.4, 0.5) is 0 Å². The fraction of sp³-hybridized carbons (Fsp3) is 0. The van der Waals surface area contributed by atoms with Gasteiger partial charge in [0.15, 0.2) is 17.5 Å². The van der Waals surface area contributed by atoms with E-state index in [1.54, 1.807) is 0 Å². The summed E-state index contributed by atoms with van der Waals surface area (Å²) in [5.74, 6) is 1.90. The van der Waals surface area contributed by atoms with Crippen LogP contribution in [0.2, 0.25) is 0 Å². The molecular formula is C51H31N3OS. The third-order valence-corrected chi connectivity index (χ3v) is 11.7. The monoisotopic (exact) mass is 733 g/mol. The van der Waals surface area contributed by atoms with E-state index >= 15 is 0 Å². The highest BCUT2D eigenvalue weighted by atomic mass is 32.1. The highest BCUT2D eigenvalue weighted by Gasteiger charge is 2.17. The van der Waals surface area contributed by atoms with Crippen molar-refractivity contribution in [1.82, 2.24) is 15.0 Å². The third-order valence-electron chi connectivity index (χ3n) is 10.5. The van der Waals surface area contributed by atoms with Gasteiger partial charge in [0.1, 0.15) is 11.2 Å². The first-order valence-corrected chi connectivity index (χ1v) is 19.5. The SMILES string of the molecule is c1ccc(-c2ccc3c(c2)sc2cc(-c4ccc5oc6cccc(-c7cccc(-c8nc(-c9ccccc9)nc(-c9ccccc9)n8)c7)c6c5c4)ccc23)cc1. The molecule has 0 radical (unpaired) electrons. The summed E-state index contributed by atoms with van der Waals surface area (Å²) in [5.41, 5.74) is 11.5. The van der Waals surface area contributed by atoms with Crippen LogP contribution in [0.1, 0.15) is 0 Å². The van der Waals surface area contributed by atoms with Gasteiger partial charge in [-0.25, -0.2) is 15.0 Å². The summed E-state index contributed by atoms with van der Waals surface area (Å²) >= 11 is 1.85. The van der Waals surface area contributed by atoms with Gasteiger partial charge in [-0.1, -0.05) is 152 Å². The first-order valence-electron chi connectivity index (χ1n) is 18.7. The summed E-state index contributed by atoms with van der Waals surface area (Å²) in [6.07, 6.45) is 0. The lowest BCUT2D eigenvalue weighted by Crippen LogP contribution is -2.00. The highest BCUT2D eigenvalue weighted by Crippen LogP contribution is 2.42. The van der Waals surface area contributed by atoms with Crippen molar-refractivity contribution in [3.63, 3.8) is 0 Å². The Morgan fingerprint density at radius 2 is 0.821 bits per heavy atom. The minimum Gasteiger partial charge on any atom is -0.456 e. The Morgan fingerprint density at radius 1 is 0.321 bits per heavy atom. The van der Waals surface area contributed by atoms with Gasteiger partial charge in [0, 0.05) is 47.6 Å². The summed E-state index contributed by atoms with van der Waals surface area (Å²) in [6, 6.07) is 65.7. The first kappa shape index (κ1) is 32.2. The second kappa shape index (κ2) is 13.3. The van der Waals surface area contributed by atoms with Crippen LogP contribution in [-0.2, 0) is 0 Å². The van der Waals surface area contributed by atoms with E-state index in [0.717, 1.165) is 55.3 Å². The van der Waals surface area contributed by atoms with Gasteiger partial charge >= 0.3 is 0 Å². The van der Waals surface area contributed by atoms with Gasteiger partial charge in [-0.2, -0.15) is 0 Å². The smallest absolute Gasteiger partial charge is 0.164 e. The quantitative estimate of drug-likeness (QED) is 0.171. The number of benzene rings is 8. The zero-order valence-electron chi connectivity index (χ0n) is 30.1. The number of furan rings is 1. The molecule has 0 amide bonds. The third kappa shape index (κ3) is 5.65. The van der Waals surface area contributed by atoms with Crippen molar-refractivity contribution < 1.29 is 4.42 Å². The molecule has 0 aliphatic carbocycles. The Hall–Kier alpha value is -7.21. The van der Waals surface area contributed by atoms with E-state index in [9.17, 15) is 0 Å². The molecule has 0 saturated heterocycles. The van der Waals surface area contributed by atoms with Crippen LogP contribution < -0.4 is 0 Å². The van der Waals surface area contributed by atoms with Gasteiger partial charge in [0.25, 0.3) is 0 Å². The van der Waals surface area contributed by atoms with E-state index in [1.165, 1.54) is 36.9 Å². The normalized spacial score (nSPS) is 11.6. The van der Waals surface area contributed by atoms with Crippen LogP contribution in [0.5, 0.6) is 0 Å². The van der Waals surface area contributed by atoms with Crippen LogP contribution in [0.3, 0.4) is 0 Å². The molecule has 0 aliphatic heterocycles. The number of hydrogen-bond donors (Lipinski definition) is 0. The predicted octanol–water partition coefficient (Wildman–Crippen LogP) is 14.1. The van der Waals surface area contributed by atoms with Crippen molar-refractivity contribution >= 4 is 53.4 Å². The lowest BCUT2D eigenvalue weighted by molar-refractivity contribution is 0.669. The molecule has 3 aromatic heterocycles. The molecule has 5 heteroatoms. The van der Waals surface area contributed by atoms with Gasteiger partial charge in [-0.05, 0) is 69.8 Å². The Balaban J connectivity index is 1.00. The van der Waals surface area contributed by atoms with Crippen LogP contribution in [0.25, 0.3) is 110 Å². The number of thiophene rings is 1. The number of hydrogen-bond acceptors (Lipinski definition) is 5. The van der Waals surface area contributed by atoms with E-state index in [1.807, 2.05) is 72.0 Å². The van der Waals surface area contributed by atoms with E-state index in [-0.39, 0.29) is 0 Å². The van der Waals surface area contributed by atoms with Gasteiger partial charge in [0.05, 0.1) is 0 Å². The predicted molar refractivity (Wildman–Crippen MR) is 233 cm³/mol. The molecule has 8 aromatic carbocycles. The van der Waals surface area contributed by atoms with E-state index in [2.05, 4.69) is 127 Å². The highest BCUT2D eigenvalue weighted by molar-refractivity contribution is 7.25. The molecule has 0 N–H and O–H groups in total. The molecule has 0 bridgehead atoms. The topological polar surface area (TPSA) is 51.8 Å². The van der Waals surface area contributed by atoms with Gasteiger partial charge in [-0.3, -0.25) is 0 Å². The maximum Gasteiger partial charge on any atom is 0.164 e.